The van der Waals surface area contributed by atoms with Gasteiger partial charge in [-0.15, -0.1) is 0 Å². The van der Waals surface area contributed by atoms with Gasteiger partial charge in [0.2, 0.25) is 6.79 Å². The quantitative estimate of drug-likeness (QED) is 0.480. The van der Waals surface area contributed by atoms with Crippen molar-refractivity contribution in [1.82, 2.24) is 9.97 Å². The summed E-state index contributed by atoms with van der Waals surface area (Å²) in [5.41, 5.74) is 7.30. The normalized spacial score (nSPS) is 12.3. The first-order chi connectivity index (χ1) is 15.0. The fraction of sp³-hybridized carbons (Fsp3) is 0.385. The Kier molecular flexibility index (Phi) is 6.12. The summed E-state index contributed by atoms with van der Waals surface area (Å²) < 4.78 is 11.2. The molecule has 1 aliphatic heterocycles. The summed E-state index contributed by atoms with van der Waals surface area (Å²) in [5, 5.41) is 0. The lowest BCUT2D eigenvalue weighted by Gasteiger charge is -2.28. The number of fused-ring (bicyclic) bond motifs is 1. The van der Waals surface area contributed by atoms with Gasteiger partial charge in [0.15, 0.2) is 17.3 Å². The smallest absolute Gasteiger partial charge is 0.231 e. The SMILES string of the molecule is CCCN(CCC)c1c(C)nc(-c2c(C)[c]ccc2C)nc1-c1ccc2c(c1)OCO2. The van der Waals surface area contributed by atoms with Crippen LogP contribution in [0, 0.1) is 26.8 Å². The van der Waals surface area contributed by atoms with Crippen molar-refractivity contribution >= 4 is 5.69 Å². The predicted octanol–water partition coefficient (Wildman–Crippen LogP) is 5.89. The maximum atomic E-state index is 5.66. The Morgan fingerprint density at radius 3 is 2.42 bits per heavy atom. The minimum Gasteiger partial charge on any atom is -0.454 e. The molecular weight excluding hydrogens is 386 g/mol. The molecule has 1 radical (unpaired) electrons. The second kappa shape index (κ2) is 8.96. The van der Waals surface area contributed by atoms with Gasteiger partial charge in [0.25, 0.3) is 0 Å². The first kappa shape index (κ1) is 21.2. The molecule has 0 saturated carbocycles. The summed E-state index contributed by atoms with van der Waals surface area (Å²) in [5.74, 6) is 2.28. The summed E-state index contributed by atoms with van der Waals surface area (Å²) in [7, 11) is 0. The fourth-order valence-corrected chi connectivity index (χ4v) is 4.26. The van der Waals surface area contributed by atoms with Crippen LogP contribution in [0.5, 0.6) is 11.5 Å². The van der Waals surface area contributed by atoms with E-state index in [1.165, 1.54) is 0 Å². The summed E-state index contributed by atoms with van der Waals surface area (Å²) >= 11 is 0. The van der Waals surface area contributed by atoms with E-state index in [1.54, 1.807) is 0 Å². The minimum atomic E-state index is 0.260. The molecule has 0 unspecified atom stereocenters. The van der Waals surface area contributed by atoms with Crippen LogP contribution in [0.3, 0.4) is 0 Å². The third kappa shape index (κ3) is 4.09. The van der Waals surface area contributed by atoms with E-state index in [0.29, 0.717) is 0 Å². The maximum absolute atomic E-state index is 5.66. The standard InChI is InChI=1S/C26H30N3O2/c1-6-13-29(14-7-2)25-19(5)27-26(23-17(3)9-8-10-18(23)4)28-24(25)20-11-12-21-22(15-20)31-16-30-21/h8-9,11-12,15H,6-7,13-14,16H2,1-5H3. The van der Waals surface area contributed by atoms with E-state index in [2.05, 4.69) is 57.7 Å². The van der Waals surface area contributed by atoms with Crippen LogP contribution in [-0.2, 0) is 0 Å². The number of aromatic nitrogens is 2. The van der Waals surface area contributed by atoms with E-state index < -0.39 is 0 Å². The van der Waals surface area contributed by atoms with Gasteiger partial charge in [-0.25, -0.2) is 9.97 Å². The van der Waals surface area contributed by atoms with E-state index in [0.717, 1.165) is 82.6 Å². The molecule has 0 spiro atoms. The van der Waals surface area contributed by atoms with Gasteiger partial charge < -0.3 is 14.4 Å². The number of hydrogen-bond acceptors (Lipinski definition) is 5. The second-order valence-electron chi connectivity index (χ2n) is 8.05. The molecule has 2 heterocycles. The Morgan fingerprint density at radius 1 is 0.968 bits per heavy atom. The monoisotopic (exact) mass is 416 g/mol. The summed E-state index contributed by atoms with van der Waals surface area (Å²) in [6.45, 7) is 12.9. The van der Waals surface area contributed by atoms with Crippen molar-refractivity contribution in [3.05, 3.63) is 53.2 Å². The Labute approximate surface area is 185 Å². The molecular formula is C26H30N3O2. The second-order valence-corrected chi connectivity index (χ2v) is 8.05. The van der Waals surface area contributed by atoms with Crippen molar-refractivity contribution in [2.24, 2.45) is 0 Å². The molecule has 2 aromatic carbocycles. The number of nitrogens with zero attached hydrogens (tertiary/aromatic N) is 3. The van der Waals surface area contributed by atoms with Crippen molar-refractivity contribution < 1.29 is 9.47 Å². The zero-order valence-electron chi connectivity index (χ0n) is 19.1. The van der Waals surface area contributed by atoms with Crippen LogP contribution in [0.15, 0.2) is 30.3 Å². The molecule has 0 saturated heterocycles. The fourth-order valence-electron chi connectivity index (χ4n) is 4.26. The number of benzene rings is 2. The highest BCUT2D eigenvalue weighted by Gasteiger charge is 2.23. The largest absolute Gasteiger partial charge is 0.454 e. The van der Waals surface area contributed by atoms with Gasteiger partial charge in [-0.05, 0) is 69.0 Å². The van der Waals surface area contributed by atoms with Crippen molar-refractivity contribution in [2.75, 3.05) is 24.8 Å². The van der Waals surface area contributed by atoms with E-state index in [-0.39, 0.29) is 6.79 Å². The van der Waals surface area contributed by atoms with Crippen LogP contribution < -0.4 is 14.4 Å². The van der Waals surface area contributed by atoms with Crippen LogP contribution >= 0.6 is 0 Å². The topological polar surface area (TPSA) is 47.5 Å². The highest BCUT2D eigenvalue weighted by molar-refractivity contribution is 5.81. The van der Waals surface area contributed by atoms with Crippen molar-refractivity contribution in [3.8, 4) is 34.1 Å². The minimum absolute atomic E-state index is 0.260. The lowest BCUT2D eigenvalue weighted by atomic mass is 10.0. The first-order valence-electron chi connectivity index (χ1n) is 11.0. The third-order valence-corrected chi connectivity index (χ3v) is 5.63. The highest BCUT2D eigenvalue weighted by atomic mass is 16.7. The third-order valence-electron chi connectivity index (χ3n) is 5.63. The van der Waals surface area contributed by atoms with Gasteiger partial charge in [0.05, 0.1) is 17.1 Å². The molecule has 0 N–H and O–H groups in total. The molecule has 4 rings (SSSR count). The van der Waals surface area contributed by atoms with E-state index in [4.69, 9.17) is 19.4 Å². The number of anilines is 1. The Morgan fingerprint density at radius 2 is 1.71 bits per heavy atom. The van der Waals surface area contributed by atoms with Gasteiger partial charge in [-0.2, -0.15) is 0 Å². The van der Waals surface area contributed by atoms with Gasteiger partial charge in [0, 0.05) is 24.2 Å². The van der Waals surface area contributed by atoms with Crippen LogP contribution in [0.2, 0.25) is 0 Å². The Hall–Kier alpha value is -3.08. The van der Waals surface area contributed by atoms with Crippen molar-refractivity contribution in [3.63, 3.8) is 0 Å². The van der Waals surface area contributed by atoms with Gasteiger partial charge >= 0.3 is 0 Å². The van der Waals surface area contributed by atoms with E-state index >= 15 is 0 Å². The first-order valence-corrected chi connectivity index (χ1v) is 11.0. The average Bonchev–Trinajstić information content (AvgIpc) is 3.21. The van der Waals surface area contributed by atoms with E-state index in [1.807, 2.05) is 18.2 Å². The lowest BCUT2D eigenvalue weighted by molar-refractivity contribution is 0.174. The molecule has 3 aromatic rings. The number of ether oxygens (including phenoxy) is 2. The molecule has 161 valence electrons. The van der Waals surface area contributed by atoms with Crippen LogP contribution in [-0.4, -0.2) is 29.9 Å². The molecule has 0 amide bonds. The summed E-state index contributed by atoms with van der Waals surface area (Å²) in [6.07, 6.45) is 2.13. The van der Waals surface area contributed by atoms with Crippen molar-refractivity contribution in [1.29, 1.82) is 0 Å². The number of aryl methyl sites for hydroxylation is 3. The Bertz CT molecular complexity index is 1070. The molecule has 0 bridgehead atoms. The molecule has 0 fully saturated rings. The van der Waals surface area contributed by atoms with Gasteiger partial charge in [-0.3, -0.25) is 0 Å². The molecule has 0 aliphatic carbocycles. The molecule has 5 heteroatoms. The highest BCUT2D eigenvalue weighted by Crippen LogP contribution is 2.40. The lowest BCUT2D eigenvalue weighted by Crippen LogP contribution is -2.27. The predicted molar refractivity (Wildman–Crippen MR) is 125 cm³/mol. The number of hydrogen-bond donors (Lipinski definition) is 0. The van der Waals surface area contributed by atoms with Crippen molar-refractivity contribution in [2.45, 2.75) is 47.5 Å². The molecule has 0 atom stereocenters. The zero-order valence-corrected chi connectivity index (χ0v) is 19.1. The average molecular weight is 417 g/mol. The number of rotatable bonds is 7. The molecule has 1 aromatic heterocycles. The molecule has 31 heavy (non-hydrogen) atoms. The van der Waals surface area contributed by atoms with E-state index in [9.17, 15) is 0 Å². The van der Waals surface area contributed by atoms with Crippen LogP contribution in [0.25, 0.3) is 22.6 Å². The summed E-state index contributed by atoms with van der Waals surface area (Å²) in [4.78, 5) is 12.5. The molecule has 1 aliphatic rings. The van der Waals surface area contributed by atoms with Gasteiger partial charge in [-0.1, -0.05) is 26.0 Å². The zero-order chi connectivity index (χ0) is 22.0. The van der Waals surface area contributed by atoms with Gasteiger partial charge in [0.1, 0.15) is 0 Å². The van der Waals surface area contributed by atoms with Crippen LogP contribution in [0.1, 0.15) is 43.5 Å². The maximum Gasteiger partial charge on any atom is 0.231 e. The molecule has 5 nitrogen and oxygen atoms in total. The van der Waals surface area contributed by atoms with Crippen LogP contribution in [0.4, 0.5) is 5.69 Å². The Balaban J connectivity index is 1.95. The summed E-state index contributed by atoms with van der Waals surface area (Å²) in [6, 6.07) is 13.4.